The summed E-state index contributed by atoms with van der Waals surface area (Å²) in [6.07, 6.45) is 0. The lowest BCUT2D eigenvalue weighted by Gasteiger charge is -2.12. The molecule has 0 fully saturated rings. The van der Waals surface area contributed by atoms with Gasteiger partial charge in [0.25, 0.3) is 5.91 Å². The van der Waals surface area contributed by atoms with Gasteiger partial charge < -0.3 is 14.8 Å². The standard InChI is InChI=1S/C20H19N3O4/c1-26-17-10-9-16(12-18(17)27-2)21-20(25)23-22-19(24)15-8-7-13-5-3-4-6-14(13)11-15/h3-12H,1-2H3,(H,22,24)(H2,21,23,25). The minimum absolute atomic E-state index is 0.414. The number of ether oxygens (including phenoxy) is 2. The van der Waals surface area contributed by atoms with Crippen LogP contribution in [0.2, 0.25) is 0 Å². The molecule has 3 rings (SSSR count). The number of nitrogens with one attached hydrogen (secondary N) is 3. The highest BCUT2D eigenvalue weighted by Crippen LogP contribution is 2.29. The highest BCUT2D eigenvalue weighted by Gasteiger charge is 2.10. The second-order valence-electron chi connectivity index (χ2n) is 5.66. The third kappa shape index (κ3) is 4.27. The Kier molecular flexibility index (Phi) is 5.41. The summed E-state index contributed by atoms with van der Waals surface area (Å²) in [6.45, 7) is 0. The summed E-state index contributed by atoms with van der Waals surface area (Å²) in [5, 5.41) is 4.58. The smallest absolute Gasteiger partial charge is 0.337 e. The summed E-state index contributed by atoms with van der Waals surface area (Å²) in [4.78, 5) is 24.2. The van der Waals surface area contributed by atoms with E-state index in [4.69, 9.17) is 9.47 Å². The van der Waals surface area contributed by atoms with Gasteiger partial charge in [-0.1, -0.05) is 30.3 Å². The molecule has 0 unspecified atom stereocenters. The summed E-state index contributed by atoms with van der Waals surface area (Å²) in [5.74, 6) is 0.617. The third-order valence-corrected chi connectivity index (χ3v) is 3.94. The zero-order valence-corrected chi connectivity index (χ0v) is 14.9. The SMILES string of the molecule is COc1ccc(NC(=O)NNC(=O)c2ccc3ccccc3c2)cc1OC. The number of hydrazine groups is 1. The number of carbonyl (C=O) groups excluding carboxylic acids is 2. The Morgan fingerprint density at radius 3 is 2.26 bits per heavy atom. The summed E-state index contributed by atoms with van der Waals surface area (Å²) in [5.41, 5.74) is 5.64. The fraction of sp³-hybridized carbons (Fsp3) is 0.100. The lowest BCUT2D eigenvalue weighted by atomic mass is 10.1. The molecule has 3 N–H and O–H groups in total. The summed E-state index contributed by atoms with van der Waals surface area (Å²) in [7, 11) is 3.03. The van der Waals surface area contributed by atoms with Crippen molar-refractivity contribution in [3.63, 3.8) is 0 Å². The quantitative estimate of drug-likeness (QED) is 0.619. The molecule has 0 aliphatic rings. The van der Waals surface area contributed by atoms with E-state index in [1.54, 1.807) is 30.3 Å². The largest absolute Gasteiger partial charge is 0.493 e. The fourth-order valence-corrected chi connectivity index (χ4v) is 2.59. The zero-order chi connectivity index (χ0) is 19.2. The summed E-state index contributed by atoms with van der Waals surface area (Å²) in [6, 6.07) is 17.4. The molecule has 0 atom stereocenters. The minimum atomic E-state index is -0.587. The molecule has 3 aromatic carbocycles. The van der Waals surface area contributed by atoms with Crippen molar-refractivity contribution in [1.82, 2.24) is 10.9 Å². The van der Waals surface area contributed by atoms with Crippen LogP contribution in [-0.2, 0) is 0 Å². The molecule has 3 aromatic rings. The van der Waals surface area contributed by atoms with Crippen LogP contribution >= 0.6 is 0 Å². The number of hydrogen-bond acceptors (Lipinski definition) is 4. The highest BCUT2D eigenvalue weighted by atomic mass is 16.5. The maximum absolute atomic E-state index is 12.2. The average Bonchev–Trinajstić information content (AvgIpc) is 2.71. The first-order chi connectivity index (χ1) is 13.1. The second kappa shape index (κ2) is 8.09. The zero-order valence-electron chi connectivity index (χ0n) is 14.9. The Morgan fingerprint density at radius 2 is 1.52 bits per heavy atom. The molecule has 0 aliphatic carbocycles. The molecule has 0 radical (unpaired) electrons. The van der Waals surface area contributed by atoms with Crippen LogP contribution in [0.5, 0.6) is 11.5 Å². The van der Waals surface area contributed by atoms with Crippen molar-refractivity contribution in [1.29, 1.82) is 0 Å². The van der Waals surface area contributed by atoms with Crippen LogP contribution < -0.4 is 25.6 Å². The normalized spacial score (nSPS) is 10.1. The molecule has 138 valence electrons. The number of anilines is 1. The van der Waals surface area contributed by atoms with Crippen molar-refractivity contribution in [2.75, 3.05) is 19.5 Å². The van der Waals surface area contributed by atoms with E-state index in [2.05, 4.69) is 16.2 Å². The van der Waals surface area contributed by atoms with Crippen molar-refractivity contribution in [3.05, 3.63) is 66.2 Å². The lowest BCUT2D eigenvalue weighted by molar-refractivity contribution is 0.0938. The molecule has 7 nitrogen and oxygen atoms in total. The van der Waals surface area contributed by atoms with Gasteiger partial charge in [0.2, 0.25) is 0 Å². The minimum Gasteiger partial charge on any atom is -0.493 e. The Bertz CT molecular complexity index is 988. The Balaban J connectivity index is 1.60. The van der Waals surface area contributed by atoms with E-state index in [1.165, 1.54) is 14.2 Å². The van der Waals surface area contributed by atoms with Gasteiger partial charge in [0.15, 0.2) is 11.5 Å². The first-order valence-corrected chi connectivity index (χ1v) is 8.19. The van der Waals surface area contributed by atoms with Crippen LogP contribution in [0, 0.1) is 0 Å². The van der Waals surface area contributed by atoms with Gasteiger partial charge in [0.05, 0.1) is 14.2 Å². The molecule has 0 spiro atoms. The maximum atomic E-state index is 12.2. The van der Waals surface area contributed by atoms with Gasteiger partial charge in [-0.05, 0) is 35.0 Å². The van der Waals surface area contributed by atoms with Gasteiger partial charge in [0.1, 0.15) is 0 Å². The van der Waals surface area contributed by atoms with Crippen LogP contribution in [0.15, 0.2) is 60.7 Å². The van der Waals surface area contributed by atoms with Crippen LogP contribution in [-0.4, -0.2) is 26.2 Å². The van der Waals surface area contributed by atoms with Crippen molar-refractivity contribution in [3.8, 4) is 11.5 Å². The van der Waals surface area contributed by atoms with E-state index in [0.29, 0.717) is 22.7 Å². The lowest BCUT2D eigenvalue weighted by Crippen LogP contribution is -2.43. The number of benzene rings is 3. The van der Waals surface area contributed by atoms with Gasteiger partial charge in [0, 0.05) is 17.3 Å². The topological polar surface area (TPSA) is 88.7 Å². The molecule has 0 aliphatic heterocycles. The summed E-state index contributed by atoms with van der Waals surface area (Å²) < 4.78 is 10.3. The van der Waals surface area contributed by atoms with E-state index in [9.17, 15) is 9.59 Å². The molecule has 7 heteroatoms. The Morgan fingerprint density at radius 1 is 0.778 bits per heavy atom. The Hall–Kier alpha value is -3.74. The van der Waals surface area contributed by atoms with Gasteiger partial charge in [-0.2, -0.15) is 0 Å². The van der Waals surface area contributed by atoms with Gasteiger partial charge in [-0.15, -0.1) is 0 Å². The molecular formula is C20H19N3O4. The van der Waals surface area contributed by atoms with Crippen LogP contribution in [0.25, 0.3) is 10.8 Å². The van der Waals surface area contributed by atoms with E-state index >= 15 is 0 Å². The fourth-order valence-electron chi connectivity index (χ4n) is 2.59. The number of rotatable bonds is 4. The van der Waals surface area contributed by atoms with Gasteiger partial charge in [-0.25, -0.2) is 10.2 Å². The molecule has 27 heavy (non-hydrogen) atoms. The van der Waals surface area contributed by atoms with Crippen LogP contribution in [0.1, 0.15) is 10.4 Å². The van der Waals surface area contributed by atoms with Crippen molar-refractivity contribution < 1.29 is 19.1 Å². The predicted octanol–water partition coefficient (Wildman–Crippen LogP) is 3.32. The van der Waals surface area contributed by atoms with Crippen molar-refractivity contribution >= 4 is 28.4 Å². The number of fused-ring (bicyclic) bond motifs is 1. The number of hydrogen-bond donors (Lipinski definition) is 3. The van der Waals surface area contributed by atoms with Crippen molar-refractivity contribution in [2.45, 2.75) is 0 Å². The number of methoxy groups -OCH3 is 2. The third-order valence-electron chi connectivity index (χ3n) is 3.94. The maximum Gasteiger partial charge on any atom is 0.337 e. The number of amides is 3. The van der Waals surface area contributed by atoms with E-state index in [1.807, 2.05) is 30.3 Å². The van der Waals surface area contributed by atoms with E-state index in [-0.39, 0.29) is 0 Å². The molecule has 0 saturated heterocycles. The monoisotopic (exact) mass is 365 g/mol. The highest BCUT2D eigenvalue weighted by molar-refractivity contribution is 6.00. The van der Waals surface area contributed by atoms with Gasteiger partial charge >= 0.3 is 6.03 Å². The molecule has 0 heterocycles. The molecule has 0 aromatic heterocycles. The molecule has 0 saturated carbocycles. The van der Waals surface area contributed by atoms with Gasteiger partial charge in [-0.3, -0.25) is 10.2 Å². The van der Waals surface area contributed by atoms with Crippen molar-refractivity contribution in [2.24, 2.45) is 0 Å². The molecule has 3 amide bonds. The summed E-state index contributed by atoms with van der Waals surface area (Å²) >= 11 is 0. The molecule has 0 bridgehead atoms. The predicted molar refractivity (Wildman–Crippen MR) is 103 cm³/mol. The van der Waals surface area contributed by atoms with E-state index in [0.717, 1.165) is 10.8 Å². The van der Waals surface area contributed by atoms with Crippen LogP contribution in [0.3, 0.4) is 0 Å². The first-order valence-electron chi connectivity index (χ1n) is 8.19. The average molecular weight is 365 g/mol. The Labute approximate surface area is 156 Å². The number of carbonyl (C=O) groups is 2. The number of urea groups is 1. The van der Waals surface area contributed by atoms with Crippen LogP contribution in [0.4, 0.5) is 10.5 Å². The van der Waals surface area contributed by atoms with E-state index < -0.39 is 11.9 Å². The molecular weight excluding hydrogens is 346 g/mol. The second-order valence-corrected chi connectivity index (χ2v) is 5.66. The first kappa shape index (κ1) is 18.1.